The van der Waals surface area contributed by atoms with Gasteiger partial charge in [-0.25, -0.2) is 4.98 Å². The van der Waals surface area contributed by atoms with E-state index in [1.165, 1.54) is 18.2 Å². The smallest absolute Gasteiger partial charge is 0.272 e. The third-order valence-corrected chi connectivity index (χ3v) is 3.48. The summed E-state index contributed by atoms with van der Waals surface area (Å²) in [4.78, 5) is 29.4. The Kier molecular flexibility index (Phi) is 4.59. The molecule has 0 aliphatic rings. The normalized spacial score (nSPS) is 10.5. The van der Waals surface area contributed by atoms with Crippen LogP contribution in [0.25, 0.3) is 0 Å². The topological polar surface area (TPSA) is 115 Å². The van der Waals surface area contributed by atoms with Crippen molar-refractivity contribution in [3.63, 3.8) is 0 Å². The van der Waals surface area contributed by atoms with Crippen molar-refractivity contribution < 1.29 is 4.92 Å². The SMILES string of the molecule is CCCc1cc(=O)[nH]c(Sc2cc(N)cc([N+](=O)[O-])c2)n1. The fraction of sp³-hybridized carbons (Fsp3) is 0.231. The summed E-state index contributed by atoms with van der Waals surface area (Å²) in [7, 11) is 0. The zero-order chi connectivity index (χ0) is 15.4. The first-order chi connectivity index (χ1) is 9.97. The van der Waals surface area contributed by atoms with Gasteiger partial charge in [0.05, 0.1) is 4.92 Å². The summed E-state index contributed by atoms with van der Waals surface area (Å²) in [6.45, 7) is 2.00. The first-order valence-corrected chi connectivity index (χ1v) is 7.12. The molecule has 0 spiro atoms. The number of nitro benzene ring substituents is 1. The number of benzene rings is 1. The number of nitro groups is 1. The van der Waals surface area contributed by atoms with E-state index in [1.807, 2.05) is 6.92 Å². The fourth-order valence-electron chi connectivity index (χ4n) is 1.80. The van der Waals surface area contributed by atoms with E-state index in [1.54, 1.807) is 6.07 Å². The standard InChI is InChI=1S/C13H14N4O3S/c1-2-3-9-6-12(18)16-13(15-9)21-11-5-8(14)4-10(7-11)17(19)20/h4-7H,2-3,14H2,1H3,(H,15,16,18). The second-order valence-corrected chi connectivity index (χ2v) is 5.47. The highest BCUT2D eigenvalue weighted by Gasteiger charge is 2.11. The third kappa shape index (κ3) is 4.06. The molecule has 8 heteroatoms. The number of H-pyrrole nitrogens is 1. The molecule has 1 aromatic heterocycles. The number of hydrogen-bond donors (Lipinski definition) is 2. The Bertz CT molecular complexity index is 730. The summed E-state index contributed by atoms with van der Waals surface area (Å²) in [6.07, 6.45) is 1.58. The molecule has 0 amide bonds. The number of nitrogens with one attached hydrogen (secondary N) is 1. The zero-order valence-electron chi connectivity index (χ0n) is 11.3. The van der Waals surface area contributed by atoms with E-state index >= 15 is 0 Å². The first kappa shape index (κ1) is 15.0. The molecule has 0 atom stereocenters. The van der Waals surface area contributed by atoms with Gasteiger partial charge < -0.3 is 10.7 Å². The van der Waals surface area contributed by atoms with Gasteiger partial charge in [0, 0.05) is 34.5 Å². The number of hydrogen-bond acceptors (Lipinski definition) is 6. The Morgan fingerprint density at radius 2 is 2.14 bits per heavy atom. The Balaban J connectivity index is 2.33. The summed E-state index contributed by atoms with van der Waals surface area (Å²) < 4.78 is 0. The first-order valence-electron chi connectivity index (χ1n) is 6.31. The maximum Gasteiger partial charge on any atom is 0.272 e. The van der Waals surface area contributed by atoms with Crippen molar-refractivity contribution in [2.75, 3.05) is 5.73 Å². The number of aromatic nitrogens is 2. The Morgan fingerprint density at radius 1 is 1.38 bits per heavy atom. The molecule has 0 unspecified atom stereocenters. The van der Waals surface area contributed by atoms with Crippen molar-refractivity contribution in [2.24, 2.45) is 0 Å². The van der Waals surface area contributed by atoms with E-state index in [0.29, 0.717) is 27.9 Å². The number of nitrogen functional groups attached to an aromatic ring is 1. The summed E-state index contributed by atoms with van der Waals surface area (Å²) >= 11 is 1.14. The number of anilines is 1. The average Bonchev–Trinajstić information content (AvgIpc) is 2.37. The van der Waals surface area contributed by atoms with Crippen molar-refractivity contribution >= 4 is 23.1 Å². The highest BCUT2D eigenvalue weighted by Crippen LogP contribution is 2.29. The Hall–Kier alpha value is -2.35. The van der Waals surface area contributed by atoms with Gasteiger partial charge in [-0.3, -0.25) is 14.9 Å². The summed E-state index contributed by atoms with van der Waals surface area (Å²) in [5.41, 5.74) is 6.30. The van der Waals surface area contributed by atoms with Gasteiger partial charge in [-0.1, -0.05) is 25.1 Å². The molecule has 1 aromatic carbocycles. The quantitative estimate of drug-likeness (QED) is 0.379. The van der Waals surface area contributed by atoms with Crippen LogP contribution in [0, 0.1) is 10.1 Å². The second kappa shape index (κ2) is 6.40. The van der Waals surface area contributed by atoms with E-state index in [2.05, 4.69) is 9.97 Å². The molecule has 0 radical (unpaired) electrons. The minimum absolute atomic E-state index is 0.0930. The highest BCUT2D eigenvalue weighted by atomic mass is 32.2. The number of nitrogens with zero attached hydrogens (tertiary/aromatic N) is 2. The van der Waals surface area contributed by atoms with Crippen LogP contribution in [0.15, 0.2) is 39.1 Å². The van der Waals surface area contributed by atoms with Gasteiger partial charge in [0.2, 0.25) is 0 Å². The van der Waals surface area contributed by atoms with Crippen molar-refractivity contribution in [1.29, 1.82) is 0 Å². The van der Waals surface area contributed by atoms with E-state index in [4.69, 9.17) is 5.73 Å². The zero-order valence-corrected chi connectivity index (χ0v) is 12.1. The van der Waals surface area contributed by atoms with Gasteiger partial charge in [0.25, 0.3) is 11.2 Å². The van der Waals surface area contributed by atoms with E-state index in [-0.39, 0.29) is 11.2 Å². The second-order valence-electron chi connectivity index (χ2n) is 4.41. The van der Waals surface area contributed by atoms with Gasteiger partial charge in [-0.05, 0) is 12.5 Å². The molecular weight excluding hydrogens is 292 g/mol. The van der Waals surface area contributed by atoms with Crippen LogP contribution in [0.1, 0.15) is 19.0 Å². The maximum atomic E-state index is 11.6. The van der Waals surface area contributed by atoms with Crippen LogP contribution in [-0.4, -0.2) is 14.9 Å². The van der Waals surface area contributed by atoms with Crippen LogP contribution in [0.4, 0.5) is 11.4 Å². The highest BCUT2D eigenvalue weighted by molar-refractivity contribution is 7.99. The molecule has 110 valence electrons. The molecule has 0 aliphatic carbocycles. The Morgan fingerprint density at radius 3 is 2.81 bits per heavy atom. The molecule has 0 saturated heterocycles. The number of rotatable bonds is 5. The number of aromatic amines is 1. The minimum atomic E-state index is -0.510. The minimum Gasteiger partial charge on any atom is -0.398 e. The van der Waals surface area contributed by atoms with Crippen LogP contribution in [0.2, 0.25) is 0 Å². The van der Waals surface area contributed by atoms with Gasteiger partial charge in [0.1, 0.15) is 0 Å². The fourth-order valence-corrected chi connectivity index (χ4v) is 2.71. The number of nitrogens with two attached hydrogens (primary N) is 1. The van der Waals surface area contributed by atoms with Gasteiger partial charge in [-0.15, -0.1) is 0 Å². The van der Waals surface area contributed by atoms with Crippen LogP contribution >= 0.6 is 11.8 Å². The third-order valence-electron chi connectivity index (χ3n) is 2.62. The molecule has 1 heterocycles. The summed E-state index contributed by atoms with van der Waals surface area (Å²) in [6, 6.07) is 5.74. The molecule has 0 saturated carbocycles. The molecular formula is C13H14N4O3S. The van der Waals surface area contributed by atoms with Crippen LogP contribution in [0.3, 0.4) is 0 Å². The van der Waals surface area contributed by atoms with Crippen LogP contribution in [-0.2, 0) is 6.42 Å². The lowest BCUT2D eigenvalue weighted by molar-refractivity contribution is -0.385. The predicted octanol–water partition coefficient (Wildman–Crippen LogP) is 2.36. The lowest BCUT2D eigenvalue weighted by Gasteiger charge is -2.04. The van der Waals surface area contributed by atoms with Crippen molar-refractivity contribution in [2.45, 2.75) is 29.8 Å². The maximum absolute atomic E-state index is 11.6. The molecule has 0 bridgehead atoms. The van der Waals surface area contributed by atoms with Crippen LogP contribution in [0.5, 0.6) is 0 Å². The molecule has 2 aromatic rings. The molecule has 0 aliphatic heterocycles. The van der Waals surface area contributed by atoms with Crippen molar-refractivity contribution in [3.8, 4) is 0 Å². The monoisotopic (exact) mass is 306 g/mol. The molecule has 0 fully saturated rings. The van der Waals surface area contributed by atoms with E-state index < -0.39 is 4.92 Å². The van der Waals surface area contributed by atoms with Gasteiger partial charge in [0.15, 0.2) is 5.16 Å². The molecule has 21 heavy (non-hydrogen) atoms. The Labute approximate surface area is 124 Å². The van der Waals surface area contributed by atoms with Gasteiger partial charge >= 0.3 is 0 Å². The van der Waals surface area contributed by atoms with E-state index in [9.17, 15) is 14.9 Å². The lowest BCUT2D eigenvalue weighted by atomic mass is 10.2. The number of aryl methyl sites for hydroxylation is 1. The van der Waals surface area contributed by atoms with E-state index in [0.717, 1.165) is 18.2 Å². The van der Waals surface area contributed by atoms with Crippen molar-refractivity contribution in [1.82, 2.24) is 9.97 Å². The average molecular weight is 306 g/mol. The van der Waals surface area contributed by atoms with Crippen molar-refractivity contribution in [3.05, 3.63) is 50.4 Å². The summed E-state index contributed by atoms with van der Waals surface area (Å²) in [5, 5.41) is 11.2. The molecule has 7 nitrogen and oxygen atoms in total. The molecule has 2 rings (SSSR count). The summed E-state index contributed by atoms with van der Waals surface area (Å²) in [5.74, 6) is 0. The van der Waals surface area contributed by atoms with Gasteiger partial charge in [-0.2, -0.15) is 0 Å². The lowest BCUT2D eigenvalue weighted by Crippen LogP contribution is -2.09. The number of non-ortho nitro benzene ring substituents is 1. The molecule has 3 N–H and O–H groups in total. The van der Waals surface area contributed by atoms with Crippen LogP contribution < -0.4 is 11.3 Å². The predicted molar refractivity (Wildman–Crippen MR) is 80.5 cm³/mol. The largest absolute Gasteiger partial charge is 0.398 e.